The quantitative estimate of drug-likeness (QED) is 0.736. The van der Waals surface area contributed by atoms with Crippen molar-refractivity contribution in [2.75, 3.05) is 20.8 Å². The van der Waals surface area contributed by atoms with E-state index in [0.717, 1.165) is 25.4 Å². The molecule has 0 aromatic heterocycles. The number of hydrogen-bond acceptors (Lipinski definition) is 3. The Morgan fingerprint density at radius 3 is 2.35 bits per heavy atom. The molecule has 1 atom stereocenters. The van der Waals surface area contributed by atoms with E-state index >= 15 is 0 Å². The van der Waals surface area contributed by atoms with Crippen LogP contribution in [0.25, 0.3) is 0 Å². The van der Waals surface area contributed by atoms with Gasteiger partial charge in [0.25, 0.3) is 0 Å². The summed E-state index contributed by atoms with van der Waals surface area (Å²) in [5.74, 6) is 0.844. The van der Waals surface area contributed by atoms with E-state index in [1.165, 1.54) is 25.7 Å². The Hall–Kier alpha value is -0.120. The van der Waals surface area contributed by atoms with Gasteiger partial charge < -0.3 is 14.8 Å². The van der Waals surface area contributed by atoms with E-state index in [0.29, 0.717) is 6.04 Å². The van der Waals surface area contributed by atoms with Gasteiger partial charge in [-0.2, -0.15) is 0 Å². The van der Waals surface area contributed by atoms with Crippen LogP contribution in [0.3, 0.4) is 0 Å². The van der Waals surface area contributed by atoms with Gasteiger partial charge in [-0.15, -0.1) is 0 Å². The highest BCUT2D eigenvalue weighted by molar-refractivity contribution is 4.96. The minimum absolute atomic E-state index is 0.0276. The molecule has 120 valence electrons. The van der Waals surface area contributed by atoms with Crippen molar-refractivity contribution in [2.45, 2.75) is 83.5 Å². The first-order valence-corrected chi connectivity index (χ1v) is 8.25. The SMILES string of the molecule is CCOC1(C(CCC(C)(C)OC)NC)CCC(C)CC1. The lowest BCUT2D eigenvalue weighted by atomic mass is 9.73. The maximum Gasteiger partial charge on any atom is 0.0834 e. The molecular formula is C17H35NO2. The average molecular weight is 285 g/mol. The van der Waals surface area contributed by atoms with Crippen molar-refractivity contribution in [3.8, 4) is 0 Å². The summed E-state index contributed by atoms with van der Waals surface area (Å²) in [5.41, 5.74) is -0.0235. The predicted molar refractivity (Wildman–Crippen MR) is 85.2 cm³/mol. The van der Waals surface area contributed by atoms with Crippen LogP contribution in [0.5, 0.6) is 0 Å². The number of likely N-dealkylation sites (N-methyl/N-ethyl adjacent to an activating group) is 1. The smallest absolute Gasteiger partial charge is 0.0834 e. The van der Waals surface area contributed by atoms with E-state index in [1.54, 1.807) is 7.11 Å². The summed E-state index contributed by atoms with van der Waals surface area (Å²) in [6.07, 6.45) is 7.09. The molecule has 0 spiro atoms. The van der Waals surface area contributed by atoms with Crippen LogP contribution in [0.2, 0.25) is 0 Å². The van der Waals surface area contributed by atoms with Gasteiger partial charge in [0.05, 0.1) is 11.2 Å². The van der Waals surface area contributed by atoms with Crippen molar-refractivity contribution >= 4 is 0 Å². The van der Waals surface area contributed by atoms with Crippen molar-refractivity contribution in [1.82, 2.24) is 5.32 Å². The molecule has 1 N–H and O–H groups in total. The molecule has 0 bridgehead atoms. The Balaban J connectivity index is 2.71. The second kappa shape index (κ2) is 7.77. The molecule has 1 aliphatic carbocycles. The van der Waals surface area contributed by atoms with E-state index < -0.39 is 0 Å². The summed E-state index contributed by atoms with van der Waals surface area (Å²) in [5, 5.41) is 3.53. The lowest BCUT2D eigenvalue weighted by Gasteiger charge is -2.45. The van der Waals surface area contributed by atoms with Crippen LogP contribution in [0, 0.1) is 5.92 Å². The average Bonchev–Trinajstić information content (AvgIpc) is 2.43. The van der Waals surface area contributed by atoms with Crippen molar-refractivity contribution < 1.29 is 9.47 Å². The molecule has 1 fully saturated rings. The zero-order valence-corrected chi connectivity index (χ0v) is 14.4. The summed E-state index contributed by atoms with van der Waals surface area (Å²) in [4.78, 5) is 0. The fourth-order valence-corrected chi connectivity index (χ4v) is 3.40. The highest BCUT2D eigenvalue weighted by Gasteiger charge is 2.41. The first kappa shape index (κ1) is 17.9. The second-order valence-corrected chi connectivity index (χ2v) is 7.02. The maximum absolute atomic E-state index is 6.27. The number of nitrogens with one attached hydrogen (secondary N) is 1. The Labute approximate surface area is 125 Å². The molecule has 1 rings (SSSR count). The van der Waals surface area contributed by atoms with Gasteiger partial charge in [-0.25, -0.2) is 0 Å². The maximum atomic E-state index is 6.27. The molecule has 0 heterocycles. The van der Waals surface area contributed by atoms with Crippen LogP contribution in [0.4, 0.5) is 0 Å². The predicted octanol–water partition coefficient (Wildman–Crippen LogP) is 3.77. The van der Waals surface area contributed by atoms with Gasteiger partial charge in [-0.3, -0.25) is 0 Å². The third kappa shape index (κ3) is 4.71. The van der Waals surface area contributed by atoms with Crippen LogP contribution < -0.4 is 5.32 Å². The fourth-order valence-electron chi connectivity index (χ4n) is 3.40. The number of rotatable bonds is 8. The molecule has 3 nitrogen and oxygen atoms in total. The normalized spacial score (nSPS) is 29.4. The molecule has 20 heavy (non-hydrogen) atoms. The van der Waals surface area contributed by atoms with Crippen LogP contribution in [0.15, 0.2) is 0 Å². The topological polar surface area (TPSA) is 30.5 Å². The minimum atomic E-state index is -0.0511. The van der Waals surface area contributed by atoms with Crippen LogP contribution >= 0.6 is 0 Å². The monoisotopic (exact) mass is 285 g/mol. The van der Waals surface area contributed by atoms with E-state index in [2.05, 4.69) is 40.1 Å². The second-order valence-electron chi connectivity index (χ2n) is 7.02. The van der Waals surface area contributed by atoms with E-state index in [-0.39, 0.29) is 11.2 Å². The van der Waals surface area contributed by atoms with Crippen molar-refractivity contribution in [2.24, 2.45) is 5.92 Å². The highest BCUT2D eigenvalue weighted by atomic mass is 16.5. The molecule has 1 aliphatic rings. The van der Waals surface area contributed by atoms with E-state index in [1.807, 2.05) is 0 Å². The van der Waals surface area contributed by atoms with Gasteiger partial charge in [0.2, 0.25) is 0 Å². The third-order valence-electron chi connectivity index (χ3n) is 5.12. The van der Waals surface area contributed by atoms with Gasteiger partial charge >= 0.3 is 0 Å². The summed E-state index contributed by atoms with van der Waals surface area (Å²) in [6, 6.07) is 0.421. The molecule has 0 aliphatic heterocycles. The summed E-state index contributed by atoms with van der Waals surface area (Å²) < 4.78 is 11.8. The fraction of sp³-hybridized carbons (Fsp3) is 1.00. The molecule has 0 amide bonds. The molecule has 0 aromatic carbocycles. The number of hydrogen-bond donors (Lipinski definition) is 1. The lowest BCUT2D eigenvalue weighted by Crippen LogP contribution is -2.54. The highest BCUT2D eigenvalue weighted by Crippen LogP contribution is 2.39. The lowest BCUT2D eigenvalue weighted by molar-refractivity contribution is -0.100. The molecule has 0 radical (unpaired) electrons. The molecular weight excluding hydrogens is 250 g/mol. The Kier molecular flexibility index (Phi) is 6.96. The van der Waals surface area contributed by atoms with E-state index in [9.17, 15) is 0 Å². The van der Waals surface area contributed by atoms with Gasteiger partial charge in [-0.05, 0) is 72.3 Å². The third-order valence-corrected chi connectivity index (χ3v) is 5.12. The Morgan fingerprint density at radius 2 is 1.90 bits per heavy atom. The standard InChI is InChI=1S/C17H35NO2/c1-7-20-17(12-8-14(2)9-13-17)15(18-5)10-11-16(3,4)19-6/h14-15,18H,7-13H2,1-6H3. The zero-order chi connectivity index (χ0) is 15.2. The van der Waals surface area contributed by atoms with Crippen LogP contribution in [-0.2, 0) is 9.47 Å². The van der Waals surface area contributed by atoms with Gasteiger partial charge in [-0.1, -0.05) is 6.92 Å². The summed E-state index contributed by atoms with van der Waals surface area (Å²) in [6.45, 7) is 9.61. The minimum Gasteiger partial charge on any atom is -0.379 e. The van der Waals surface area contributed by atoms with Crippen molar-refractivity contribution in [3.63, 3.8) is 0 Å². The molecule has 1 saturated carbocycles. The van der Waals surface area contributed by atoms with E-state index in [4.69, 9.17) is 9.47 Å². The van der Waals surface area contributed by atoms with Gasteiger partial charge in [0.1, 0.15) is 0 Å². The zero-order valence-electron chi connectivity index (χ0n) is 14.4. The molecule has 0 saturated heterocycles. The summed E-state index contributed by atoms with van der Waals surface area (Å²) in [7, 11) is 3.87. The Bertz CT molecular complexity index is 270. The number of methoxy groups -OCH3 is 1. The van der Waals surface area contributed by atoms with Gasteiger partial charge in [0, 0.05) is 19.8 Å². The molecule has 3 heteroatoms. The van der Waals surface area contributed by atoms with Crippen LogP contribution in [-0.4, -0.2) is 38.0 Å². The molecule has 0 aromatic rings. The van der Waals surface area contributed by atoms with Gasteiger partial charge in [0.15, 0.2) is 0 Å². The first-order valence-electron chi connectivity index (χ1n) is 8.25. The van der Waals surface area contributed by atoms with Crippen molar-refractivity contribution in [3.05, 3.63) is 0 Å². The Morgan fingerprint density at radius 1 is 1.30 bits per heavy atom. The van der Waals surface area contributed by atoms with Crippen LogP contribution in [0.1, 0.15) is 66.2 Å². The van der Waals surface area contributed by atoms with Crippen molar-refractivity contribution in [1.29, 1.82) is 0 Å². The first-order chi connectivity index (χ1) is 9.39. The largest absolute Gasteiger partial charge is 0.379 e. The summed E-state index contributed by atoms with van der Waals surface area (Å²) >= 11 is 0. The number of ether oxygens (including phenoxy) is 2. The molecule has 1 unspecified atom stereocenters.